The fourth-order valence-electron chi connectivity index (χ4n) is 2.73. The van der Waals surface area contributed by atoms with Gasteiger partial charge in [-0.1, -0.05) is 6.92 Å². The van der Waals surface area contributed by atoms with Crippen molar-refractivity contribution in [2.45, 2.75) is 51.6 Å². The third-order valence-corrected chi connectivity index (χ3v) is 4.29. The van der Waals surface area contributed by atoms with Gasteiger partial charge in [0.15, 0.2) is 5.96 Å². The van der Waals surface area contributed by atoms with Crippen LogP contribution >= 0.6 is 24.0 Å². The summed E-state index contributed by atoms with van der Waals surface area (Å²) >= 11 is 0. The second kappa shape index (κ2) is 7.67. The molecule has 4 nitrogen and oxygen atoms in total. The third-order valence-electron chi connectivity index (χ3n) is 4.29. The van der Waals surface area contributed by atoms with E-state index in [0.29, 0.717) is 12.1 Å². The number of hydrogen-bond acceptors (Lipinski definition) is 2. The summed E-state index contributed by atoms with van der Waals surface area (Å²) in [5, 5.41) is 0. The Morgan fingerprint density at radius 1 is 1.42 bits per heavy atom. The Morgan fingerprint density at radius 2 is 2.11 bits per heavy atom. The highest BCUT2D eigenvalue weighted by molar-refractivity contribution is 14.0. The Labute approximate surface area is 134 Å². The molecule has 112 valence electrons. The zero-order chi connectivity index (χ0) is 13.1. The zero-order valence-corrected chi connectivity index (χ0v) is 14.8. The average molecular weight is 380 g/mol. The Kier molecular flexibility index (Phi) is 6.86. The van der Waals surface area contributed by atoms with Crippen molar-refractivity contribution in [1.82, 2.24) is 9.80 Å². The third kappa shape index (κ3) is 5.10. The van der Waals surface area contributed by atoms with Gasteiger partial charge in [-0.15, -0.1) is 24.0 Å². The lowest BCUT2D eigenvalue weighted by Crippen LogP contribution is -2.43. The van der Waals surface area contributed by atoms with E-state index in [-0.39, 0.29) is 24.0 Å². The van der Waals surface area contributed by atoms with Gasteiger partial charge in [-0.05, 0) is 45.1 Å². The Balaban J connectivity index is 0.00000180. The summed E-state index contributed by atoms with van der Waals surface area (Å²) in [4.78, 5) is 9.25. The predicted molar refractivity (Wildman–Crippen MR) is 92.1 cm³/mol. The van der Waals surface area contributed by atoms with E-state index >= 15 is 0 Å². The molecule has 2 unspecified atom stereocenters. The minimum Gasteiger partial charge on any atom is -0.370 e. The number of likely N-dealkylation sites (tertiary alicyclic amines) is 1. The summed E-state index contributed by atoms with van der Waals surface area (Å²) in [7, 11) is 2.06. The van der Waals surface area contributed by atoms with Crippen molar-refractivity contribution in [3.8, 4) is 0 Å². The molecule has 0 amide bonds. The summed E-state index contributed by atoms with van der Waals surface area (Å²) in [6, 6.07) is 1.16. The molecule has 0 aromatic rings. The van der Waals surface area contributed by atoms with Gasteiger partial charge in [-0.25, -0.2) is 0 Å². The van der Waals surface area contributed by atoms with Gasteiger partial charge >= 0.3 is 0 Å². The molecule has 0 spiro atoms. The van der Waals surface area contributed by atoms with Crippen LogP contribution < -0.4 is 5.73 Å². The summed E-state index contributed by atoms with van der Waals surface area (Å²) < 4.78 is 0. The SMILES string of the molecule is CC1CCCN(C(C)CN=C(N)N(C)C2CC2)C1.I. The topological polar surface area (TPSA) is 44.9 Å². The van der Waals surface area contributed by atoms with Gasteiger partial charge in [0, 0.05) is 25.7 Å². The summed E-state index contributed by atoms with van der Waals surface area (Å²) in [5.41, 5.74) is 6.02. The average Bonchev–Trinajstić information content (AvgIpc) is 3.18. The number of aliphatic imine (C=N–C) groups is 1. The van der Waals surface area contributed by atoms with Crippen LogP contribution in [0.5, 0.6) is 0 Å². The number of nitrogens with zero attached hydrogens (tertiary/aromatic N) is 3. The van der Waals surface area contributed by atoms with Gasteiger partial charge in [0.05, 0.1) is 6.54 Å². The van der Waals surface area contributed by atoms with Crippen molar-refractivity contribution in [2.75, 3.05) is 26.7 Å². The molecular formula is C14H29IN4. The number of guanidine groups is 1. The fourth-order valence-corrected chi connectivity index (χ4v) is 2.73. The Bertz CT molecular complexity index is 304. The van der Waals surface area contributed by atoms with Gasteiger partial charge in [0.2, 0.25) is 0 Å². The first-order chi connectivity index (χ1) is 8.58. The van der Waals surface area contributed by atoms with Crippen LogP contribution in [0, 0.1) is 5.92 Å². The quantitative estimate of drug-likeness (QED) is 0.462. The first-order valence-corrected chi connectivity index (χ1v) is 7.34. The van der Waals surface area contributed by atoms with E-state index < -0.39 is 0 Å². The smallest absolute Gasteiger partial charge is 0.191 e. The highest BCUT2D eigenvalue weighted by atomic mass is 127. The maximum Gasteiger partial charge on any atom is 0.191 e. The van der Waals surface area contributed by atoms with E-state index in [2.05, 4.69) is 35.7 Å². The lowest BCUT2D eigenvalue weighted by atomic mass is 9.99. The molecule has 2 atom stereocenters. The van der Waals surface area contributed by atoms with Crippen LogP contribution in [0.3, 0.4) is 0 Å². The monoisotopic (exact) mass is 380 g/mol. The zero-order valence-electron chi connectivity index (χ0n) is 12.5. The van der Waals surface area contributed by atoms with Gasteiger partial charge < -0.3 is 10.6 Å². The Morgan fingerprint density at radius 3 is 2.68 bits per heavy atom. The van der Waals surface area contributed by atoms with Gasteiger partial charge in [-0.3, -0.25) is 9.89 Å². The summed E-state index contributed by atoms with van der Waals surface area (Å²) in [6.07, 6.45) is 5.24. The predicted octanol–water partition coefficient (Wildman–Crippen LogP) is 2.13. The minimum atomic E-state index is 0. The van der Waals surface area contributed by atoms with Crippen LogP contribution in [0.4, 0.5) is 0 Å². The van der Waals surface area contributed by atoms with E-state index in [0.717, 1.165) is 18.4 Å². The molecule has 1 saturated heterocycles. The van der Waals surface area contributed by atoms with Crippen molar-refractivity contribution in [3.63, 3.8) is 0 Å². The van der Waals surface area contributed by atoms with E-state index in [1.54, 1.807) is 0 Å². The van der Waals surface area contributed by atoms with Crippen molar-refractivity contribution in [2.24, 2.45) is 16.6 Å². The molecule has 2 aliphatic rings. The minimum absolute atomic E-state index is 0. The molecular weight excluding hydrogens is 351 g/mol. The van der Waals surface area contributed by atoms with Crippen molar-refractivity contribution in [3.05, 3.63) is 0 Å². The number of piperidine rings is 1. The molecule has 1 aliphatic carbocycles. The highest BCUT2D eigenvalue weighted by Crippen LogP contribution is 2.25. The summed E-state index contributed by atoms with van der Waals surface area (Å²) in [6.45, 7) is 7.88. The van der Waals surface area contributed by atoms with Crippen LogP contribution in [0.15, 0.2) is 4.99 Å². The van der Waals surface area contributed by atoms with E-state index in [9.17, 15) is 0 Å². The standard InChI is InChI=1S/C14H28N4.HI/c1-11-5-4-8-18(10-11)12(2)9-16-14(15)17(3)13-6-7-13;/h11-13H,4-10H2,1-3H3,(H2,15,16);1H. The molecule has 1 saturated carbocycles. The van der Waals surface area contributed by atoms with Gasteiger partial charge in [-0.2, -0.15) is 0 Å². The molecule has 0 bridgehead atoms. The molecule has 2 N–H and O–H groups in total. The molecule has 0 aromatic heterocycles. The number of halogens is 1. The molecule has 2 fully saturated rings. The number of rotatable bonds is 4. The largest absolute Gasteiger partial charge is 0.370 e. The molecule has 2 rings (SSSR count). The Hall–Kier alpha value is -0.0400. The van der Waals surface area contributed by atoms with E-state index in [4.69, 9.17) is 5.73 Å². The van der Waals surface area contributed by atoms with E-state index in [1.807, 2.05) is 0 Å². The fraction of sp³-hybridized carbons (Fsp3) is 0.929. The number of nitrogens with two attached hydrogens (primary N) is 1. The second-order valence-electron chi connectivity index (χ2n) is 6.13. The second-order valence-corrected chi connectivity index (χ2v) is 6.13. The maximum absolute atomic E-state index is 6.02. The van der Waals surface area contributed by atoms with Crippen LogP contribution in [0.1, 0.15) is 39.5 Å². The van der Waals surface area contributed by atoms with Crippen LogP contribution in [0.25, 0.3) is 0 Å². The van der Waals surface area contributed by atoms with Gasteiger partial charge in [0.1, 0.15) is 0 Å². The van der Waals surface area contributed by atoms with Gasteiger partial charge in [0.25, 0.3) is 0 Å². The highest BCUT2D eigenvalue weighted by Gasteiger charge is 2.27. The maximum atomic E-state index is 6.02. The lowest BCUT2D eigenvalue weighted by molar-refractivity contribution is 0.142. The van der Waals surface area contributed by atoms with Crippen molar-refractivity contribution in [1.29, 1.82) is 0 Å². The molecule has 1 heterocycles. The number of hydrogen-bond donors (Lipinski definition) is 1. The molecule has 19 heavy (non-hydrogen) atoms. The van der Waals surface area contributed by atoms with Crippen molar-refractivity contribution < 1.29 is 0 Å². The molecule has 0 radical (unpaired) electrons. The molecule has 0 aromatic carbocycles. The first-order valence-electron chi connectivity index (χ1n) is 7.34. The van der Waals surface area contributed by atoms with Crippen molar-refractivity contribution >= 4 is 29.9 Å². The summed E-state index contributed by atoms with van der Waals surface area (Å²) in [5.74, 6) is 1.55. The molecule has 1 aliphatic heterocycles. The van der Waals surface area contributed by atoms with E-state index in [1.165, 1.54) is 38.8 Å². The lowest BCUT2D eigenvalue weighted by Gasteiger charge is -2.35. The van der Waals surface area contributed by atoms with Crippen LogP contribution in [0.2, 0.25) is 0 Å². The van der Waals surface area contributed by atoms with Crippen LogP contribution in [-0.2, 0) is 0 Å². The van der Waals surface area contributed by atoms with Crippen LogP contribution in [-0.4, -0.2) is 54.5 Å². The first kappa shape index (κ1) is 17.0. The molecule has 5 heteroatoms. The normalized spacial score (nSPS) is 26.7.